The maximum atomic E-state index is 14.1. The SMILES string of the molecule is Cc1ccc(N(C)c2ccc(C(N)=NO)cc2F)cc1. The van der Waals surface area contributed by atoms with E-state index in [0.29, 0.717) is 11.3 Å². The van der Waals surface area contributed by atoms with Crippen LogP contribution >= 0.6 is 0 Å². The molecule has 4 nitrogen and oxygen atoms in total. The van der Waals surface area contributed by atoms with E-state index in [4.69, 9.17) is 10.9 Å². The summed E-state index contributed by atoms with van der Waals surface area (Å²) >= 11 is 0. The molecule has 2 aromatic rings. The van der Waals surface area contributed by atoms with Crippen LogP contribution in [0.3, 0.4) is 0 Å². The van der Waals surface area contributed by atoms with Gasteiger partial charge >= 0.3 is 0 Å². The van der Waals surface area contributed by atoms with Crippen LogP contribution in [0.4, 0.5) is 15.8 Å². The average Bonchev–Trinajstić information content (AvgIpc) is 2.46. The molecule has 0 amide bonds. The molecule has 0 fully saturated rings. The second-order valence-corrected chi connectivity index (χ2v) is 4.55. The van der Waals surface area contributed by atoms with Gasteiger partial charge in [-0.2, -0.15) is 0 Å². The minimum Gasteiger partial charge on any atom is -0.409 e. The van der Waals surface area contributed by atoms with Gasteiger partial charge in [0.05, 0.1) is 5.69 Å². The van der Waals surface area contributed by atoms with Gasteiger partial charge in [0.1, 0.15) is 5.82 Å². The standard InChI is InChI=1S/C15H16FN3O/c1-10-3-6-12(7-4-10)19(2)14-8-5-11(9-13(14)16)15(17)18-20/h3-9,20H,1-2H3,(H2,17,18). The highest BCUT2D eigenvalue weighted by Crippen LogP contribution is 2.27. The Morgan fingerprint density at radius 3 is 2.40 bits per heavy atom. The number of nitrogens with two attached hydrogens (primary N) is 1. The average molecular weight is 273 g/mol. The molecule has 0 heterocycles. The van der Waals surface area contributed by atoms with Gasteiger partial charge in [-0.1, -0.05) is 22.9 Å². The fourth-order valence-electron chi connectivity index (χ4n) is 1.90. The monoisotopic (exact) mass is 273 g/mol. The molecular weight excluding hydrogens is 257 g/mol. The number of halogens is 1. The van der Waals surface area contributed by atoms with E-state index in [0.717, 1.165) is 11.3 Å². The molecule has 0 aliphatic heterocycles. The van der Waals surface area contributed by atoms with Gasteiger partial charge in [-0.05, 0) is 37.3 Å². The summed E-state index contributed by atoms with van der Waals surface area (Å²) in [5, 5.41) is 11.4. The zero-order valence-electron chi connectivity index (χ0n) is 11.3. The zero-order chi connectivity index (χ0) is 14.7. The molecule has 0 bridgehead atoms. The van der Waals surface area contributed by atoms with Crippen LogP contribution in [0, 0.1) is 12.7 Å². The van der Waals surface area contributed by atoms with E-state index < -0.39 is 5.82 Å². The molecule has 0 spiro atoms. The molecule has 0 aliphatic rings. The van der Waals surface area contributed by atoms with E-state index in [1.54, 1.807) is 24.1 Å². The molecule has 20 heavy (non-hydrogen) atoms. The lowest BCUT2D eigenvalue weighted by Gasteiger charge is -2.20. The molecule has 0 radical (unpaired) electrons. The topological polar surface area (TPSA) is 61.8 Å². The Kier molecular flexibility index (Phi) is 3.89. The van der Waals surface area contributed by atoms with Gasteiger partial charge in [-0.3, -0.25) is 0 Å². The molecule has 2 aromatic carbocycles. The van der Waals surface area contributed by atoms with Crippen molar-refractivity contribution < 1.29 is 9.60 Å². The molecule has 0 aromatic heterocycles. The van der Waals surface area contributed by atoms with E-state index >= 15 is 0 Å². The van der Waals surface area contributed by atoms with Crippen molar-refractivity contribution in [3.8, 4) is 0 Å². The number of benzene rings is 2. The third-order valence-electron chi connectivity index (χ3n) is 3.13. The van der Waals surface area contributed by atoms with Crippen molar-refractivity contribution in [2.45, 2.75) is 6.92 Å². The predicted molar refractivity (Wildman–Crippen MR) is 78.2 cm³/mol. The lowest BCUT2D eigenvalue weighted by molar-refractivity contribution is 0.318. The summed E-state index contributed by atoms with van der Waals surface area (Å²) in [6.45, 7) is 2.00. The first-order chi connectivity index (χ1) is 9.52. The minimum absolute atomic E-state index is 0.117. The second-order valence-electron chi connectivity index (χ2n) is 4.55. The van der Waals surface area contributed by atoms with E-state index in [-0.39, 0.29) is 5.84 Å². The van der Waals surface area contributed by atoms with Crippen molar-refractivity contribution in [1.29, 1.82) is 0 Å². The highest BCUT2D eigenvalue weighted by atomic mass is 19.1. The van der Waals surface area contributed by atoms with Crippen LogP contribution in [0.1, 0.15) is 11.1 Å². The summed E-state index contributed by atoms with van der Waals surface area (Å²) in [6, 6.07) is 12.2. The Morgan fingerprint density at radius 1 is 1.20 bits per heavy atom. The van der Waals surface area contributed by atoms with Gasteiger partial charge < -0.3 is 15.8 Å². The molecule has 0 saturated heterocycles. The van der Waals surface area contributed by atoms with E-state index in [1.165, 1.54) is 6.07 Å². The Bertz CT molecular complexity index is 638. The quantitative estimate of drug-likeness (QED) is 0.391. The van der Waals surface area contributed by atoms with Crippen LogP contribution in [-0.4, -0.2) is 18.1 Å². The van der Waals surface area contributed by atoms with Gasteiger partial charge in [0.15, 0.2) is 5.84 Å². The molecule has 3 N–H and O–H groups in total. The van der Waals surface area contributed by atoms with Gasteiger partial charge in [-0.15, -0.1) is 0 Å². The number of aryl methyl sites for hydroxylation is 1. The second kappa shape index (κ2) is 5.61. The molecular formula is C15H16FN3O. The van der Waals surface area contributed by atoms with Crippen molar-refractivity contribution >= 4 is 17.2 Å². The van der Waals surface area contributed by atoms with Crippen LogP contribution in [0.15, 0.2) is 47.6 Å². The van der Waals surface area contributed by atoms with Crippen LogP contribution in [0.5, 0.6) is 0 Å². The Balaban J connectivity index is 2.35. The van der Waals surface area contributed by atoms with Crippen LogP contribution < -0.4 is 10.6 Å². The first-order valence-electron chi connectivity index (χ1n) is 6.11. The maximum Gasteiger partial charge on any atom is 0.170 e. The van der Waals surface area contributed by atoms with Crippen LogP contribution in [0.25, 0.3) is 0 Å². The van der Waals surface area contributed by atoms with E-state index in [1.807, 2.05) is 31.2 Å². The Hall–Kier alpha value is -2.56. The number of hydrogen-bond acceptors (Lipinski definition) is 3. The highest BCUT2D eigenvalue weighted by molar-refractivity contribution is 5.97. The van der Waals surface area contributed by atoms with Gasteiger partial charge in [0.25, 0.3) is 0 Å². The molecule has 0 saturated carbocycles. The predicted octanol–water partition coefficient (Wildman–Crippen LogP) is 3.00. The number of anilines is 2. The summed E-state index contributed by atoms with van der Waals surface area (Å²) in [5.41, 5.74) is 8.22. The fourth-order valence-corrected chi connectivity index (χ4v) is 1.90. The fraction of sp³-hybridized carbons (Fsp3) is 0.133. The normalized spacial score (nSPS) is 11.4. The first kappa shape index (κ1) is 13.9. The summed E-state index contributed by atoms with van der Waals surface area (Å²) < 4.78 is 14.1. The van der Waals surface area contributed by atoms with Crippen molar-refractivity contribution in [3.63, 3.8) is 0 Å². The summed E-state index contributed by atoms with van der Waals surface area (Å²) in [6.07, 6.45) is 0. The molecule has 0 atom stereocenters. The number of hydrogen-bond donors (Lipinski definition) is 2. The van der Waals surface area contributed by atoms with Crippen molar-refractivity contribution in [2.24, 2.45) is 10.9 Å². The van der Waals surface area contributed by atoms with Crippen molar-refractivity contribution in [2.75, 3.05) is 11.9 Å². The molecule has 2 rings (SSSR count). The maximum absolute atomic E-state index is 14.1. The summed E-state index contributed by atoms with van der Waals surface area (Å²) in [5.74, 6) is -0.550. The van der Waals surface area contributed by atoms with E-state index in [9.17, 15) is 4.39 Å². The third-order valence-corrected chi connectivity index (χ3v) is 3.13. The number of nitrogens with zero attached hydrogens (tertiary/aromatic N) is 2. The highest BCUT2D eigenvalue weighted by Gasteiger charge is 2.11. The summed E-state index contributed by atoms with van der Waals surface area (Å²) in [4.78, 5) is 1.74. The summed E-state index contributed by atoms with van der Waals surface area (Å²) in [7, 11) is 1.78. The van der Waals surface area contributed by atoms with E-state index in [2.05, 4.69) is 5.16 Å². The number of amidine groups is 1. The molecule has 5 heteroatoms. The molecule has 104 valence electrons. The molecule has 0 aliphatic carbocycles. The van der Waals surface area contributed by atoms with Crippen LogP contribution in [-0.2, 0) is 0 Å². The molecule has 0 unspecified atom stereocenters. The zero-order valence-corrected chi connectivity index (χ0v) is 11.3. The minimum atomic E-state index is -0.433. The largest absolute Gasteiger partial charge is 0.409 e. The van der Waals surface area contributed by atoms with Crippen molar-refractivity contribution in [3.05, 3.63) is 59.4 Å². The number of rotatable bonds is 3. The first-order valence-corrected chi connectivity index (χ1v) is 6.11. The Labute approximate surface area is 116 Å². The number of oxime groups is 1. The van der Waals surface area contributed by atoms with Gasteiger partial charge in [0.2, 0.25) is 0 Å². The lowest BCUT2D eigenvalue weighted by atomic mass is 10.1. The van der Waals surface area contributed by atoms with Gasteiger partial charge in [-0.25, -0.2) is 4.39 Å². The lowest BCUT2D eigenvalue weighted by Crippen LogP contribution is -2.15. The van der Waals surface area contributed by atoms with Crippen LogP contribution in [0.2, 0.25) is 0 Å². The third kappa shape index (κ3) is 2.71. The smallest absolute Gasteiger partial charge is 0.170 e. The van der Waals surface area contributed by atoms with Gasteiger partial charge in [0, 0.05) is 18.3 Å². The van der Waals surface area contributed by atoms with Crippen molar-refractivity contribution in [1.82, 2.24) is 0 Å². The Morgan fingerprint density at radius 2 is 1.85 bits per heavy atom.